The number of amides is 2. The Morgan fingerprint density at radius 2 is 2.00 bits per heavy atom. The average molecular weight is 322 g/mol. The number of nitrogens with zero attached hydrogens (tertiary/aromatic N) is 2. The van der Waals surface area contributed by atoms with Crippen molar-refractivity contribution < 1.29 is 9.59 Å². The number of carbonyl (C=O) groups is 2. The van der Waals surface area contributed by atoms with Gasteiger partial charge in [0.05, 0.1) is 24.1 Å². The fraction of sp³-hybridized carbons (Fsp3) is 0.222. The molecule has 1 aromatic carbocycles. The first kappa shape index (κ1) is 18.7. The van der Waals surface area contributed by atoms with Crippen molar-refractivity contribution >= 4 is 17.5 Å². The molecule has 0 spiro atoms. The molecule has 0 radical (unpaired) electrons. The number of benzene rings is 1. The molecule has 0 unspecified atom stereocenters. The topological polar surface area (TPSA) is 106 Å². The molecule has 0 fully saturated rings. The summed E-state index contributed by atoms with van der Waals surface area (Å²) in [6.07, 6.45) is 5.24. The molecular formula is C18H18N4O2. The summed E-state index contributed by atoms with van der Waals surface area (Å²) in [4.78, 5) is 24.0. The quantitative estimate of drug-likeness (QED) is 0.642. The van der Waals surface area contributed by atoms with Gasteiger partial charge in [0.15, 0.2) is 0 Å². The first-order valence-electron chi connectivity index (χ1n) is 7.34. The van der Waals surface area contributed by atoms with Crippen molar-refractivity contribution in [2.24, 2.45) is 5.92 Å². The summed E-state index contributed by atoms with van der Waals surface area (Å²) in [7, 11) is 0. The van der Waals surface area contributed by atoms with Crippen LogP contribution in [0.3, 0.4) is 0 Å². The fourth-order valence-corrected chi connectivity index (χ4v) is 1.71. The van der Waals surface area contributed by atoms with Crippen LogP contribution in [0.5, 0.6) is 0 Å². The minimum absolute atomic E-state index is 0.00426. The van der Waals surface area contributed by atoms with E-state index in [0.29, 0.717) is 16.9 Å². The van der Waals surface area contributed by atoms with Crippen LogP contribution in [0.4, 0.5) is 5.69 Å². The Bertz CT molecular complexity index is 749. The van der Waals surface area contributed by atoms with E-state index in [0.717, 1.165) is 0 Å². The molecule has 24 heavy (non-hydrogen) atoms. The standard InChI is InChI=1S/C18H18N4O2/c1-13(2)16(9-4-3-5-10-19)22-18(24)17(23)21-15-8-6-7-14(11-15)12-20/h3-4,6-9,11,13H,5H2,1-2H3,(H,21,23)(H,22,24)/b4-3-,16-9+. The van der Waals surface area contributed by atoms with Crippen LogP contribution in [-0.2, 0) is 9.59 Å². The van der Waals surface area contributed by atoms with Crippen molar-refractivity contribution in [3.8, 4) is 12.1 Å². The molecule has 0 bridgehead atoms. The van der Waals surface area contributed by atoms with Crippen LogP contribution in [-0.4, -0.2) is 11.8 Å². The smallest absolute Gasteiger partial charge is 0.314 e. The summed E-state index contributed by atoms with van der Waals surface area (Å²) >= 11 is 0. The van der Waals surface area contributed by atoms with Crippen molar-refractivity contribution in [2.45, 2.75) is 20.3 Å². The highest BCUT2D eigenvalue weighted by molar-refractivity contribution is 6.40. The zero-order chi connectivity index (χ0) is 17.9. The number of allylic oxidation sites excluding steroid dienone is 4. The molecule has 1 rings (SSSR count). The van der Waals surface area contributed by atoms with Gasteiger partial charge in [0.1, 0.15) is 0 Å². The van der Waals surface area contributed by atoms with Gasteiger partial charge in [0.2, 0.25) is 0 Å². The Morgan fingerprint density at radius 3 is 2.62 bits per heavy atom. The third-order valence-corrected chi connectivity index (χ3v) is 2.96. The maximum Gasteiger partial charge on any atom is 0.314 e. The summed E-state index contributed by atoms with van der Waals surface area (Å²) < 4.78 is 0. The second-order valence-corrected chi connectivity index (χ2v) is 5.17. The average Bonchev–Trinajstić information content (AvgIpc) is 2.57. The third kappa shape index (κ3) is 6.17. The number of hydrogen-bond acceptors (Lipinski definition) is 4. The third-order valence-electron chi connectivity index (χ3n) is 2.96. The first-order chi connectivity index (χ1) is 11.5. The minimum atomic E-state index is -0.822. The van der Waals surface area contributed by atoms with Crippen LogP contribution in [0, 0.1) is 28.6 Å². The van der Waals surface area contributed by atoms with Crippen LogP contribution in [0.15, 0.2) is 48.2 Å². The molecule has 0 aliphatic carbocycles. The van der Waals surface area contributed by atoms with E-state index in [1.165, 1.54) is 6.07 Å². The highest BCUT2D eigenvalue weighted by Gasteiger charge is 2.16. The molecule has 2 amide bonds. The maximum absolute atomic E-state index is 12.0. The van der Waals surface area contributed by atoms with Gasteiger partial charge in [0, 0.05) is 11.4 Å². The zero-order valence-corrected chi connectivity index (χ0v) is 13.5. The summed E-state index contributed by atoms with van der Waals surface area (Å²) in [5.74, 6) is -1.63. The van der Waals surface area contributed by atoms with Crippen LogP contribution in [0.25, 0.3) is 0 Å². The molecule has 0 aliphatic rings. The lowest BCUT2D eigenvalue weighted by molar-refractivity contribution is -0.135. The van der Waals surface area contributed by atoms with E-state index < -0.39 is 11.8 Å². The molecule has 0 aliphatic heterocycles. The van der Waals surface area contributed by atoms with E-state index in [-0.39, 0.29) is 12.3 Å². The van der Waals surface area contributed by atoms with Gasteiger partial charge in [0.25, 0.3) is 0 Å². The summed E-state index contributed by atoms with van der Waals surface area (Å²) in [6.45, 7) is 3.75. The van der Waals surface area contributed by atoms with Crippen molar-refractivity contribution in [1.82, 2.24) is 5.32 Å². The van der Waals surface area contributed by atoms with E-state index >= 15 is 0 Å². The normalized spacial score (nSPS) is 11.0. The lowest BCUT2D eigenvalue weighted by Gasteiger charge is -2.12. The molecule has 0 saturated carbocycles. The van der Waals surface area contributed by atoms with Crippen LogP contribution >= 0.6 is 0 Å². The summed E-state index contributed by atoms with van der Waals surface area (Å²) in [5.41, 5.74) is 1.33. The van der Waals surface area contributed by atoms with Crippen molar-refractivity contribution in [3.05, 3.63) is 53.8 Å². The molecular weight excluding hydrogens is 304 g/mol. The van der Waals surface area contributed by atoms with Gasteiger partial charge in [-0.2, -0.15) is 10.5 Å². The Kier molecular flexibility index (Phi) is 7.47. The number of hydrogen-bond donors (Lipinski definition) is 2. The molecule has 0 heterocycles. The highest BCUT2D eigenvalue weighted by Crippen LogP contribution is 2.10. The van der Waals surface area contributed by atoms with Crippen molar-refractivity contribution in [1.29, 1.82) is 10.5 Å². The Labute approximate surface area is 141 Å². The molecule has 0 saturated heterocycles. The Hall–Kier alpha value is -3.38. The number of carbonyl (C=O) groups excluding carboxylic acids is 2. The van der Waals surface area contributed by atoms with Gasteiger partial charge in [-0.05, 0) is 30.2 Å². The summed E-state index contributed by atoms with van der Waals surface area (Å²) in [5, 5.41) is 22.3. The van der Waals surface area contributed by atoms with Gasteiger partial charge in [-0.3, -0.25) is 9.59 Å². The van der Waals surface area contributed by atoms with Crippen LogP contribution in [0.1, 0.15) is 25.8 Å². The SMILES string of the molecule is CC(C)/C(=C\C=C/CC#N)NC(=O)C(=O)Nc1cccc(C#N)c1. The molecule has 0 aromatic heterocycles. The van der Waals surface area contributed by atoms with Gasteiger partial charge in [-0.15, -0.1) is 0 Å². The molecule has 6 heteroatoms. The van der Waals surface area contributed by atoms with Crippen LogP contribution in [0.2, 0.25) is 0 Å². The monoisotopic (exact) mass is 322 g/mol. The maximum atomic E-state index is 12.0. The lowest BCUT2D eigenvalue weighted by atomic mass is 10.1. The predicted molar refractivity (Wildman–Crippen MR) is 90.2 cm³/mol. The summed E-state index contributed by atoms with van der Waals surface area (Å²) in [6, 6.07) is 10.2. The number of nitriles is 2. The molecule has 1 aromatic rings. The largest absolute Gasteiger partial charge is 0.321 e. The molecule has 0 atom stereocenters. The zero-order valence-electron chi connectivity index (χ0n) is 13.5. The van der Waals surface area contributed by atoms with Crippen molar-refractivity contribution in [2.75, 3.05) is 5.32 Å². The number of anilines is 1. The van der Waals surface area contributed by atoms with E-state index in [2.05, 4.69) is 10.6 Å². The van der Waals surface area contributed by atoms with Gasteiger partial charge in [-0.25, -0.2) is 0 Å². The van der Waals surface area contributed by atoms with E-state index in [4.69, 9.17) is 10.5 Å². The predicted octanol–water partition coefficient (Wildman–Crippen LogP) is 2.62. The second-order valence-electron chi connectivity index (χ2n) is 5.17. The Balaban J connectivity index is 2.75. The molecule has 2 N–H and O–H groups in total. The number of nitrogens with one attached hydrogen (secondary N) is 2. The van der Waals surface area contributed by atoms with Crippen LogP contribution < -0.4 is 10.6 Å². The van der Waals surface area contributed by atoms with E-state index in [1.807, 2.05) is 26.0 Å². The lowest BCUT2D eigenvalue weighted by Crippen LogP contribution is -2.36. The fourth-order valence-electron chi connectivity index (χ4n) is 1.71. The van der Waals surface area contributed by atoms with Gasteiger partial charge < -0.3 is 10.6 Å². The second kappa shape index (κ2) is 9.60. The van der Waals surface area contributed by atoms with E-state index in [1.54, 1.807) is 36.4 Å². The van der Waals surface area contributed by atoms with E-state index in [9.17, 15) is 9.59 Å². The molecule has 6 nitrogen and oxygen atoms in total. The minimum Gasteiger partial charge on any atom is -0.321 e. The van der Waals surface area contributed by atoms with Gasteiger partial charge in [-0.1, -0.05) is 32.1 Å². The Morgan fingerprint density at radius 1 is 1.25 bits per heavy atom. The van der Waals surface area contributed by atoms with Gasteiger partial charge >= 0.3 is 11.8 Å². The van der Waals surface area contributed by atoms with Crippen molar-refractivity contribution in [3.63, 3.8) is 0 Å². The highest BCUT2D eigenvalue weighted by atomic mass is 16.2. The number of rotatable bonds is 5. The first-order valence-corrected chi connectivity index (χ1v) is 7.34. The molecule has 122 valence electrons.